The minimum absolute atomic E-state index is 0.361. The third-order valence-electron chi connectivity index (χ3n) is 3.63. The first kappa shape index (κ1) is 15.3. The van der Waals surface area contributed by atoms with E-state index >= 15 is 0 Å². The lowest BCUT2D eigenvalue weighted by atomic mass is 9.99. The SMILES string of the molecule is CC(C)c1ccc(C(C)NCc2ccc(Br)cc2)cc1. The normalized spacial score (nSPS) is 12.7. The first-order chi connectivity index (χ1) is 9.56. The van der Waals surface area contributed by atoms with Gasteiger partial charge in [-0.15, -0.1) is 0 Å². The van der Waals surface area contributed by atoms with Crippen molar-refractivity contribution in [1.29, 1.82) is 0 Å². The van der Waals surface area contributed by atoms with Gasteiger partial charge in [0.2, 0.25) is 0 Å². The lowest BCUT2D eigenvalue weighted by Gasteiger charge is -2.15. The second-order valence-corrected chi connectivity index (χ2v) is 6.47. The molecule has 2 aromatic rings. The molecule has 0 spiro atoms. The molecule has 0 bridgehead atoms. The van der Waals surface area contributed by atoms with Crippen LogP contribution in [0.5, 0.6) is 0 Å². The summed E-state index contributed by atoms with van der Waals surface area (Å²) in [5.41, 5.74) is 4.04. The van der Waals surface area contributed by atoms with E-state index < -0.39 is 0 Å². The molecule has 0 saturated heterocycles. The summed E-state index contributed by atoms with van der Waals surface area (Å²) in [5, 5.41) is 3.57. The number of rotatable bonds is 5. The van der Waals surface area contributed by atoms with E-state index in [4.69, 9.17) is 0 Å². The van der Waals surface area contributed by atoms with E-state index in [1.807, 2.05) is 0 Å². The van der Waals surface area contributed by atoms with Gasteiger partial charge in [-0.3, -0.25) is 0 Å². The van der Waals surface area contributed by atoms with E-state index in [-0.39, 0.29) is 0 Å². The quantitative estimate of drug-likeness (QED) is 0.770. The van der Waals surface area contributed by atoms with Crippen LogP contribution >= 0.6 is 15.9 Å². The van der Waals surface area contributed by atoms with Gasteiger partial charge in [0, 0.05) is 17.1 Å². The highest BCUT2D eigenvalue weighted by molar-refractivity contribution is 9.10. The lowest BCUT2D eigenvalue weighted by Crippen LogP contribution is -2.18. The van der Waals surface area contributed by atoms with Gasteiger partial charge in [0.15, 0.2) is 0 Å². The second kappa shape index (κ2) is 7.05. The Balaban J connectivity index is 1.94. The standard InChI is InChI=1S/C18H22BrN/c1-13(2)16-6-8-17(9-7-16)14(3)20-12-15-4-10-18(19)11-5-15/h4-11,13-14,20H,12H2,1-3H3. The smallest absolute Gasteiger partial charge is 0.0294 e. The molecule has 106 valence electrons. The van der Waals surface area contributed by atoms with Crippen LogP contribution in [0, 0.1) is 0 Å². The molecule has 0 aliphatic carbocycles. The van der Waals surface area contributed by atoms with Gasteiger partial charge in [0.25, 0.3) is 0 Å². The Bertz CT molecular complexity index is 528. The summed E-state index contributed by atoms with van der Waals surface area (Å²) in [5.74, 6) is 0.593. The molecule has 0 aliphatic rings. The van der Waals surface area contributed by atoms with E-state index in [1.54, 1.807) is 0 Å². The van der Waals surface area contributed by atoms with E-state index in [0.717, 1.165) is 11.0 Å². The molecule has 0 amide bonds. The number of halogens is 1. The average Bonchev–Trinajstić information content (AvgIpc) is 2.46. The van der Waals surface area contributed by atoms with Crippen LogP contribution in [0.2, 0.25) is 0 Å². The summed E-state index contributed by atoms with van der Waals surface area (Å²) in [7, 11) is 0. The van der Waals surface area contributed by atoms with Gasteiger partial charge in [-0.05, 0) is 41.7 Å². The van der Waals surface area contributed by atoms with Gasteiger partial charge in [0.1, 0.15) is 0 Å². The summed E-state index contributed by atoms with van der Waals surface area (Å²) >= 11 is 3.46. The van der Waals surface area contributed by atoms with Gasteiger partial charge in [0.05, 0.1) is 0 Å². The second-order valence-electron chi connectivity index (χ2n) is 5.55. The molecule has 2 heteroatoms. The van der Waals surface area contributed by atoms with E-state index in [9.17, 15) is 0 Å². The Morgan fingerprint density at radius 3 is 1.95 bits per heavy atom. The number of benzene rings is 2. The van der Waals surface area contributed by atoms with Crippen molar-refractivity contribution in [3.8, 4) is 0 Å². The molecule has 1 N–H and O–H groups in total. The average molecular weight is 332 g/mol. The van der Waals surface area contributed by atoms with Crippen molar-refractivity contribution in [2.75, 3.05) is 0 Å². The molecule has 1 nitrogen and oxygen atoms in total. The fraction of sp³-hybridized carbons (Fsp3) is 0.333. The molecule has 0 aromatic heterocycles. The zero-order valence-electron chi connectivity index (χ0n) is 12.4. The Kier molecular flexibility index (Phi) is 5.38. The van der Waals surface area contributed by atoms with Crippen molar-refractivity contribution in [1.82, 2.24) is 5.32 Å². The van der Waals surface area contributed by atoms with Crippen LogP contribution in [-0.4, -0.2) is 0 Å². The van der Waals surface area contributed by atoms with Crippen molar-refractivity contribution >= 4 is 15.9 Å². The van der Waals surface area contributed by atoms with E-state index in [1.165, 1.54) is 16.7 Å². The minimum atomic E-state index is 0.361. The van der Waals surface area contributed by atoms with Gasteiger partial charge in [-0.1, -0.05) is 66.2 Å². The maximum absolute atomic E-state index is 3.57. The monoisotopic (exact) mass is 331 g/mol. The fourth-order valence-electron chi connectivity index (χ4n) is 2.16. The molecule has 0 aliphatic heterocycles. The maximum atomic E-state index is 3.57. The molecular weight excluding hydrogens is 310 g/mol. The molecule has 0 heterocycles. The number of hydrogen-bond acceptors (Lipinski definition) is 1. The summed E-state index contributed by atoms with van der Waals surface area (Å²) in [6.45, 7) is 7.55. The van der Waals surface area contributed by atoms with Gasteiger partial charge in [-0.2, -0.15) is 0 Å². The van der Waals surface area contributed by atoms with Crippen LogP contribution in [0.4, 0.5) is 0 Å². The maximum Gasteiger partial charge on any atom is 0.0294 e. The zero-order chi connectivity index (χ0) is 14.5. The highest BCUT2D eigenvalue weighted by Crippen LogP contribution is 2.19. The van der Waals surface area contributed by atoms with Gasteiger partial charge in [-0.25, -0.2) is 0 Å². The lowest BCUT2D eigenvalue weighted by molar-refractivity contribution is 0.574. The van der Waals surface area contributed by atoms with Crippen molar-refractivity contribution in [3.05, 3.63) is 69.7 Å². The Labute approximate surface area is 130 Å². The molecule has 0 radical (unpaired) electrons. The Morgan fingerprint density at radius 1 is 0.850 bits per heavy atom. The third-order valence-corrected chi connectivity index (χ3v) is 4.16. The van der Waals surface area contributed by atoms with Crippen molar-refractivity contribution < 1.29 is 0 Å². The molecular formula is C18H22BrN. The molecule has 2 rings (SSSR count). The molecule has 0 fully saturated rings. The summed E-state index contributed by atoms with van der Waals surface area (Å²) in [6, 6.07) is 17.7. The van der Waals surface area contributed by atoms with Crippen molar-refractivity contribution in [2.45, 2.75) is 39.3 Å². The van der Waals surface area contributed by atoms with Crippen molar-refractivity contribution in [3.63, 3.8) is 0 Å². The molecule has 1 unspecified atom stereocenters. The topological polar surface area (TPSA) is 12.0 Å². The number of hydrogen-bond donors (Lipinski definition) is 1. The fourth-order valence-corrected chi connectivity index (χ4v) is 2.42. The largest absolute Gasteiger partial charge is 0.306 e. The predicted octanol–water partition coefficient (Wildman–Crippen LogP) is 5.42. The molecule has 2 aromatic carbocycles. The Hall–Kier alpha value is -1.12. The molecule has 0 saturated carbocycles. The highest BCUT2D eigenvalue weighted by Gasteiger charge is 2.06. The van der Waals surface area contributed by atoms with Gasteiger partial charge >= 0.3 is 0 Å². The van der Waals surface area contributed by atoms with Crippen LogP contribution in [-0.2, 0) is 6.54 Å². The van der Waals surface area contributed by atoms with Crippen LogP contribution in [0.1, 0.15) is 49.4 Å². The highest BCUT2D eigenvalue weighted by atomic mass is 79.9. The third kappa shape index (κ3) is 4.19. The zero-order valence-corrected chi connectivity index (χ0v) is 13.9. The van der Waals surface area contributed by atoms with Gasteiger partial charge < -0.3 is 5.32 Å². The first-order valence-electron chi connectivity index (χ1n) is 7.14. The van der Waals surface area contributed by atoms with Crippen LogP contribution in [0.15, 0.2) is 53.0 Å². The molecule has 1 atom stereocenters. The summed E-state index contributed by atoms with van der Waals surface area (Å²) in [6.07, 6.45) is 0. The van der Waals surface area contributed by atoms with Crippen LogP contribution in [0.25, 0.3) is 0 Å². The van der Waals surface area contributed by atoms with Crippen LogP contribution in [0.3, 0.4) is 0 Å². The first-order valence-corrected chi connectivity index (χ1v) is 7.93. The predicted molar refractivity (Wildman–Crippen MR) is 89.9 cm³/mol. The minimum Gasteiger partial charge on any atom is -0.306 e. The number of nitrogens with one attached hydrogen (secondary N) is 1. The molecule has 20 heavy (non-hydrogen) atoms. The van der Waals surface area contributed by atoms with E-state index in [0.29, 0.717) is 12.0 Å². The Morgan fingerprint density at radius 2 is 1.40 bits per heavy atom. The summed E-state index contributed by atoms with van der Waals surface area (Å²) < 4.78 is 1.12. The van der Waals surface area contributed by atoms with Crippen LogP contribution < -0.4 is 5.32 Å². The van der Waals surface area contributed by atoms with E-state index in [2.05, 4.69) is 90.5 Å². The van der Waals surface area contributed by atoms with Crippen molar-refractivity contribution in [2.24, 2.45) is 0 Å². The summed E-state index contributed by atoms with van der Waals surface area (Å²) in [4.78, 5) is 0.